The molecule has 7 heteroatoms. The van der Waals surface area contributed by atoms with Gasteiger partial charge in [-0.05, 0) is 72.1 Å². The highest BCUT2D eigenvalue weighted by atomic mass is 79.9. The Kier molecular flexibility index (Phi) is 5.40. The number of carbonyl (C=O) groups is 1. The fourth-order valence-corrected chi connectivity index (χ4v) is 3.43. The van der Waals surface area contributed by atoms with Gasteiger partial charge in [0.15, 0.2) is 0 Å². The molecule has 0 aromatic heterocycles. The van der Waals surface area contributed by atoms with Crippen LogP contribution in [0.4, 0.5) is 10.1 Å². The highest BCUT2D eigenvalue weighted by Gasteiger charge is 2.14. The van der Waals surface area contributed by atoms with Gasteiger partial charge < -0.3 is 10.1 Å². The molecule has 2 rings (SSSR count). The van der Waals surface area contributed by atoms with Gasteiger partial charge in [0.25, 0.3) is 5.91 Å². The van der Waals surface area contributed by atoms with Crippen LogP contribution in [0.3, 0.4) is 0 Å². The van der Waals surface area contributed by atoms with E-state index in [1.165, 1.54) is 25.3 Å². The maximum atomic E-state index is 13.1. The largest absolute Gasteiger partial charge is 0.495 e. The third-order valence-electron chi connectivity index (χ3n) is 2.67. The zero-order valence-corrected chi connectivity index (χ0v) is 15.5. The summed E-state index contributed by atoms with van der Waals surface area (Å²) in [6.07, 6.45) is 0. The predicted octanol–water partition coefficient (Wildman–Crippen LogP) is 5.37. The molecule has 3 nitrogen and oxygen atoms in total. The number of nitrogens with one attached hydrogen (secondary N) is 1. The van der Waals surface area contributed by atoms with Crippen LogP contribution in [0.2, 0.25) is 0 Å². The van der Waals surface area contributed by atoms with Crippen molar-refractivity contribution in [3.8, 4) is 5.75 Å². The maximum Gasteiger partial charge on any atom is 0.256 e. The molecule has 0 aliphatic rings. The van der Waals surface area contributed by atoms with Crippen LogP contribution < -0.4 is 10.1 Å². The van der Waals surface area contributed by atoms with Crippen LogP contribution in [-0.2, 0) is 0 Å². The fourth-order valence-electron chi connectivity index (χ4n) is 1.64. The number of benzene rings is 2. The minimum atomic E-state index is -0.412. The number of halogens is 4. The molecule has 0 radical (unpaired) electrons. The van der Waals surface area contributed by atoms with Crippen LogP contribution in [0.15, 0.2) is 43.7 Å². The number of anilines is 1. The fraction of sp³-hybridized carbons (Fsp3) is 0.0714. The van der Waals surface area contributed by atoms with Crippen molar-refractivity contribution in [1.29, 1.82) is 0 Å². The van der Waals surface area contributed by atoms with E-state index >= 15 is 0 Å². The number of hydrogen-bond donors (Lipinski definition) is 1. The van der Waals surface area contributed by atoms with Crippen molar-refractivity contribution in [2.24, 2.45) is 0 Å². The Morgan fingerprint density at radius 1 is 1.10 bits per heavy atom. The van der Waals surface area contributed by atoms with E-state index in [0.717, 1.165) is 4.47 Å². The minimum absolute atomic E-state index is 0.338. The lowest BCUT2D eigenvalue weighted by atomic mass is 10.2. The number of methoxy groups -OCH3 is 1. The summed E-state index contributed by atoms with van der Waals surface area (Å²) in [5, 5.41) is 2.75. The summed E-state index contributed by atoms with van der Waals surface area (Å²) in [5.41, 5.74) is 0.890. The molecule has 0 saturated heterocycles. The first-order valence-electron chi connectivity index (χ1n) is 5.72. The van der Waals surface area contributed by atoms with Gasteiger partial charge in [-0.2, -0.15) is 0 Å². The lowest BCUT2D eigenvalue weighted by molar-refractivity contribution is 0.102. The maximum absolute atomic E-state index is 13.1. The van der Waals surface area contributed by atoms with E-state index in [-0.39, 0.29) is 5.91 Å². The topological polar surface area (TPSA) is 38.3 Å². The first-order valence-corrected chi connectivity index (χ1v) is 8.09. The number of ether oxygens (including phenoxy) is 1. The predicted molar refractivity (Wildman–Crippen MR) is 90.4 cm³/mol. The third-order valence-corrected chi connectivity index (χ3v) is 4.60. The number of rotatable bonds is 3. The van der Waals surface area contributed by atoms with Crippen LogP contribution in [-0.4, -0.2) is 13.0 Å². The van der Waals surface area contributed by atoms with Gasteiger partial charge in [-0.25, -0.2) is 4.39 Å². The SMILES string of the molecule is COc1cc(NC(=O)c2ccc(F)cc2Br)c(Br)cc1Br. The molecule has 0 heterocycles. The van der Waals surface area contributed by atoms with E-state index in [0.29, 0.717) is 25.9 Å². The first kappa shape index (κ1) is 16.5. The lowest BCUT2D eigenvalue weighted by Crippen LogP contribution is -2.13. The van der Waals surface area contributed by atoms with Crippen molar-refractivity contribution >= 4 is 59.4 Å². The van der Waals surface area contributed by atoms with Gasteiger partial charge in [0.2, 0.25) is 0 Å². The minimum Gasteiger partial charge on any atom is -0.495 e. The summed E-state index contributed by atoms with van der Waals surface area (Å²) in [6.45, 7) is 0. The molecule has 2 aromatic carbocycles. The summed E-state index contributed by atoms with van der Waals surface area (Å²) in [6, 6.07) is 7.35. The smallest absolute Gasteiger partial charge is 0.256 e. The average Bonchev–Trinajstić information content (AvgIpc) is 2.41. The Morgan fingerprint density at radius 2 is 1.81 bits per heavy atom. The molecule has 0 saturated carbocycles. The molecule has 110 valence electrons. The monoisotopic (exact) mass is 479 g/mol. The Hall–Kier alpha value is -0.920. The van der Waals surface area contributed by atoms with E-state index in [1.54, 1.807) is 12.1 Å². The summed E-state index contributed by atoms with van der Waals surface area (Å²) in [4.78, 5) is 12.2. The molecule has 2 aromatic rings. The molecule has 0 unspecified atom stereocenters. The van der Waals surface area contributed by atoms with E-state index in [1.807, 2.05) is 0 Å². The molecule has 21 heavy (non-hydrogen) atoms. The average molecular weight is 482 g/mol. The van der Waals surface area contributed by atoms with Crippen LogP contribution in [0, 0.1) is 5.82 Å². The Labute approximate surface area is 146 Å². The molecule has 0 aliphatic heterocycles. The quantitative estimate of drug-likeness (QED) is 0.639. The van der Waals surface area contributed by atoms with Crippen LogP contribution in [0.1, 0.15) is 10.4 Å². The summed E-state index contributed by atoms with van der Waals surface area (Å²) in [5.74, 6) is -0.177. The Morgan fingerprint density at radius 3 is 2.43 bits per heavy atom. The van der Waals surface area contributed by atoms with E-state index in [4.69, 9.17) is 4.74 Å². The van der Waals surface area contributed by atoms with Crippen LogP contribution in [0.25, 0.3) is 0 Å². The van der Waals surface area contributed by atoms with E-state index in [2.05, 4.69) is 53.1 Å². The van der Waals surface area contributed by atoms with Gasteiger partial charge in [-0.15, -0.1) is 0 Å². The normalized spacial score (nSPS) is 10.3. The molecule has 0 atom stereocenters. The molecule has 0 bridgehead atoms. The van der Waals surface area contributed by atoms with Crippen molar-refractivity contribution in [3.05, 3.63) is 55.1 Å². The molecule has 0 fully saturated rings. The van der Waals surface area contributed by atoms with Crippen LogP contribution in [0.5, 0.6) is 5.75 Å². The van der Waals surface area contributed by atoms with Gasteiger partial charge in [-0.1, -0.05) is 0 Å². The van der Waals surface area contributed by atoms with Gasteiger partial charge in [0.1, 0.15) is 11.6 Å². The first-order chi connectivity index (χ1) is 9.92. The summed E-state index contributed by atoms with van der Waals surface area (Å²) in [7, 11) is 1.54. The van der Waals surface area contributed by atoms with Crippen molar-refractivity contribution in [2.45, 2.75) is 0 Å². The van der Waals surface area contributed by atoms with Crippen molar-refractivity contribution in [1.82, 2.24) is 0 Å². The lowest BCUT2D eigenvalue weighted by Gasteiger charge is -2.11. The zero-order valence-electron chi connectivity index (χ0n) is 10.7. The Bertz CT molecular complexity index is 707. The second kappa shape index (κ2) is 6.89. The molecule has 1 amide bonds. The van der Waals surface area contributed by atoms with Crippen molar-refractivity contribution in [2.75, 3.05) is 12.4 Å². The van der Waals surface area contributed by atoms with Gasteiger partial charge in [-0.3, -0.25) is 4.79 Å². The van der Waals surface area contributed by atoms with E-state index < -0.39 is 5.82 Å². The molecular weight excluding hydrogens is 473 g/mol. The second-order valence-electron chi connectivity index (χ2n) is 4.04. The number of carbonyl (C=O) groups excluding carboxylic acids is 1. The number of amides is 1. The zero-order chi connectivity index (χ0) is 15.6. The van der Waals surface area contributed by atoms with Gasteiger partial charge in [0.05, 0.1) is 22.8 Å². The molecule has 0 spiro atoms. The van der Waals surface area contributed by atoms with Gasteiger partial charge >= 0.3 is 0 Å². The number of hydrogen-bond acceptors (Lipinski definition) is 2. The Balaban J connectivity index is 2.31. The molecule has 0 aliphatic carbocycles. The highest BCUT2D eigenvalue weighted by Crippen LogP contribution is 2.35. The van der Waals surface area contributed by atoms with Crippen molar-refractivity contribution in [3.63, 3.8) is 0 Å². The highest BCUT2D eigenvalue weighted by molar-refractivity contribution is 9.11. The molecular formula is C14H9Br3FNO2. The second-order valence-corrected chi connectivity index (χ2v) is 6.61. The summed E-state index contributed by atoms with van der Waals surface area (Å²) < 4.78 is 20.1. The van der Waals surface area contributed by atoms with E-state index in [9.17, 15) is 9.18 Å². The van der Waals surface area contributed by atoms with Crippen LogP contribution >= 0.6 is 47.8 Å². The standard InChI is InChI=1S/C14H9Br3FNO2/c1-21-13-6-12(10(16)5-11(13)17)19-14(20)8-3-2-7(18)4-9(8)15/h2-6H,1H3,(H,19,20). The van der Waals surface area contributed by atoms with Crippen molar-refractivity contribution < 1.29 is 13.9 Å². The summed E-state index contributed by atoms with van der Waals surface area (Å²) >= 11 is 9.90. The van der Waals surface area contributed by atoms with Gasteiger partial charge in [0, 0.05) is 15.0 Å². The third kappa shape index (κ3) is 3.84. The molecule has 1 N–H and O–H groups in total.